The lowest BCUT2D eigenvalue weighted by Crippen LogP contribution is -2.45. The van der Waals surface area contributed by atoms with Crippen molar-refractivity contribution in [3.63, 3.8) is 0 Å². The fraction of sp³-hybridized carbons (Fsp3) is 0.562. The molecular weight excluding hydrogens is 675 g/mol. The van der Waals surface area contributed by atoms with E-state index >= 15 is 0 Å². The number of hydrogen-bond acceptors (Lipinski definition) is 13. The first kappa shape index (κ1) is 36.7. The lowest BCUT2D eigenvalue weighted by molar-refractivity contribution is 0.00501. The number of morpholine rings is 1. The number of ether oxygens (including phenoxy) is 5. The normalized spacial score (nSPS) is 18.8. The summed E-state index contributed by atoms with van der Waals surface area (Å²) in [4.78, 5) is 11.9. The first-order chi connectivity index (χ1) is 23.6. The molecule has 1 atom stereocenters. The number of rotatable bonds is 16. The zero-order valence-electron chi connectivity index (χ0n) is 27.8. The van der Waals surface area contributed by atoms with E-state index in [9.17, 15) is 0 Å². The summed E-state index contributed by atoms with van der Waals surface area (Å²) in [6.45, 7) is 7.87. The number of nitrogens with zero attached hydrogens (tertiary/aromatic N) is 9. The summed E-state index contributed by atoms with van der Waals surface area (Å²) in [7, 11) is 1.65. The van der Waals surface area contributed by atoms with Crippen LogP contribution in [0.4, 0.5) is 11.6 Å². The summed E-state index contributed by atoms with van der Waals surface area (Å²) < 4.78 is 32.1. The Morgan fingerprint density at radius 3 is 2.61 bits per heavy atom. The van der Waals surface area contributed by atoms with Crippen molar-refractivity contribution in [3.8, 4) is 22.9 Å². The second kappa shape index (κ2) is 18.4. The van der Waals surface area contributed by atoms with Gasteiger partial charge in [0.25, 0.3) is 5.88 Å². The van der Waals surface area contributed by atoms with Gasteiger partial charge in [0.05, 0.1) is 62.5 Å². The van der Waals surface area contributed by atoms with Gasteiger partial charge in [-0.3, -0.25) is 9.58 Å². The van der Waals surface area contributed by atoms with Crippen LogP contribution < -0.4 is 14.8 Å². The van der Waals surface area contributed by atoms with Crippen molar-refractivity contribution in [3.05, 3.63) is 48.0 Å². The van der Waals surface area contributed by atoms with Crippen LogP contribution in [0.15, 0.2) is 43.0 Å². The second-order valence-corrected chi connectivity index (χ2v) is 12.3. The highest BCUT2D eigenvalue weighted by molar-refractivity contribution is 6.32. The predicted octanol–water partition coefficient (Wildman–Crippen LogP) is 4.47. The molecule has 1 N–H and O–H groups in total. The molecule has 1 aliphatic carbocycles. The Labute approximate surface area is 297 Å². The SMILES string of the molecule is COCCOCCOc1nn(C2CCC(N3CCOCC3)CC2)cc1Nc1nccc(-c2ccc(Cl)c(O[C@@H](C)Cn3cnnn3)c2)n1.Cl. The quantitative estimate of drug-likeness (QED) is 0.163. The maximum Gasteiger partial charge on any atom is 0.257 e. The van der Waals surface area contributed by atoms with Crippen LogP contribution in [0, 0.1) is 0 Å². The van der Waals surface area contributed by atoms with Crippen LogP contribution in [0.1, 0.15) is 38.6 Å². The van der Waals surface area contributed by atoms with Crippen molar-refractivity contribution in [1.82, 2.24) is 44.9 Å². The van der Waals surface area contributed by atoms with Gasteiger partial charge in [-0.1, -0.05) is 17.7 Å². The molecule has 2 fully saturated rings. The Bertz CT molecular complexity index is 1570. The molecule has 1 aliphatic heterocycles. The average Bonchev–Trinajstić information content (AvgIpc) is 3.78. The molecule has 17 heteroatoms. The molecule has 0 amide bonds. The fourth-order valence-corrected chi connectivity index (χ4v) is 6.22. The molecule has 1 saturated carbocycles. The van der Waals surface area contributed by atoms with Gasteiger partial charge in [0, 0.05) is 38.0 Å². The monoisotopic (exact) mass is 718 g/mol. The summed E-state index contributed by atoms with van der Waals surface area (Å²) in [5.74, 6) is 1.43. The summed E-state index contributed by atoms with van der Waals surface area (Å²) in [6, 6.07) is 8.28. The van der Waals surface area contributed by atoms with Crippen LogP contribution in [0.5, 0.6) is 11.6 Å². The van der Waals surface area contributed by atoms with Gasteiger partial charge in [0.15, 0.2) is 0 Å². The summed E-state index contributed by atoms with van der Waals surface area (Å²) in [5, 5.41) is 20.0. The number of hydrogen-bond donors (Lipinski definition) is 1. The van der Waals surface area contributed by atoms with E-state index in [1.54, 1.807) is 30.4 Å². The van der Waals surface area contributed by atoms with Gasteiger partial charge in [-0.15, -0.1) is 22.6 Å². The largest absolute Gasteiger partial charge is 0.487 e. The van der Waals surface area contributed by atoms with Gasteiger partial charge in [0.1, 0.15) is 30.5 Å². The third-order valence-corrected chi connectivity index (χ3v) is 8.80. The number of benzene rings is 1. The summed E-state index contributed by atoms with van der Waals surface area (Å²) in [5.41, 5.74) is 2.22. The van der Waals surface area contributed by atoms with Crippen LogP contribution in [-0.2, 0) is 20.8 Å². The predicted molar refractivity (Wildman–Crippen MR) is 185 cm³/mol. The molecule has 0 unspecified atom stereocenters. The van der Waals surface area contributed by atoms with Crippen LogP contribution in [0.25, 0.3) is 11.3 Å². The third-order valence-electron chi connectivity index (χ3n) is 8.49. The van der Waals surface area contributed by atoms with E-state index in [-0.39, 0.29) is 24.6 Å². The van der Waals surface area contributed by atoms with Crippen molar-refractivity contribution in [2.75, 3.05) is 65.2 Å². The van der Waals surface area contributed by atoms with Gasteiger partial charge < -0.3 is 29.0 Å². The molecule has 6 rings (SSSR count). The Morgan fingerprint density at radius 2 is 1.84 bits per heavy atom. The molecule has 3 aromatic heterocycles. The standard InChI is InChI=1S/C32H43ClN10O5.ClH/c1-23(20-42-22-35-39-40-42)48-30-19-24(3-8-27(30)33)28-9-10-34-32(36-28)37-29-21-43(38-31(29)47-18-17-46-16-15-44-2)26-6-4-25(5-7-26)41-11-13-45-14-12-41;/h3,8-10,19,21-23,25-26H,4-7,11-18,20H2,1-2H3,(H,34,36,37);1H/t23-,25?,26?;/m0./s1. The third kappa shape index (κ3) is 10.2. The smallest absolute Gasteiger partial charge is 0.257 e. The summed E-state index contributed by atoms with van der Waals surface area (Å²) >= 11 is 6.49. The Hall–Kier alpha value is -3.60. The number of anilines is 2. The number of tetrazole rings is 1. The van der Waals surface area contributed by atoms with Gasteiger partial charge in [-0.05, 0) is 61.2 Å². The molecule has 4 heterocycles. The number of methoxy groups -OCH3 is 1. The molecule has 2 aliphatic rings. The Balaban J connectivity index is 0.00000468. The Morgan fingerprint density at radius 1 is 1.04 bits per heavy atom. The van der Waals surface area contributed by atoms with E-state index in [1.165, 1.54) is 0 Å². The van der Waals surface area contributed by atoms with Crippen molar-refractivity contribution >= 4 is 35.6 Å². The van der Waals surface area contributed by atoms with E-state index in [2.05, 4.69) is 30.7 Å². The van der Waals surface area contributed by atoms with Gasteiger partial charge >= 0.3 is 0 Å². The van der Waals surface area contributed by atoms with E-state index in [4.69, 9.17) is 45.4 Å². The molecule has 49 heavy (non-hydrogen) atoms. The fourth-order valence-electron chi connectivity index (χ4n) is 6.06. The minimum atomic E-state index is -0.223. The molecule has 4 aromatic rings. The molecule has 0 spiro atoms. The zero-order chi connectivity index (χ0) is 33.1. The van der Waals surface area contributed by atoms with E-state index in [1.807, 2.05) is 36.0 Å². The maximum atomic E-state index is 6.49. The first-order valence-corrected chi connectivity index (χ1v) is 16.8. The van der Waals surface area contributed by atoms with E-state index in [0.717, 1.165) is 57.6 Å². The zero-order valence-corrected chi connectivity index (χ0v) is 29.4. The molecular formula is C32H44Cl2N10O5. The lowest BCUT2D eigenvalue weighted by atomic mass is 9.90. The summed E-state index contributed by atoms with van der Waals surface area (Å²) in [6.07, 6.45) is 9.38. The van der Waals surface area contributed by atoms with Crippen LogP contribution in [0.3, 0.4) is 0 Å². The maximum absolute atomic E-state index is 6.49. The van der Waals surface area contributed by atoms with Crippen molar-refractivity contribution in [2.24, 2.45) is 0 Å². The molecule has 0 radical (unpaired) electrons. The van der Waals surface area contributed by atoms with Gasteiger partial charge in [-0.25, -0.2) is 14.6 Å². The van der Waals surface area contributed by atoms with Gasteiger partial charge in [-0.2, -0.15) is 0 Å². The van der Waals surface area contributed by atoms with Crippen molar-refractivity contribution in [1.29, 1.82) is 0 Å². The van der Waals surface area contributed by atoms with E-state index in [0.29, 0.717) is 73.0 Å². The molecule has 1 aromatic carbocycles. The molecule has 266 valence electrons. The highest BCUT2D eigenvalue weighted by Crippen LogP contribution is 2.35. The van der Waals surface area contributed by atoms with Crippen LogP contribution in [0.2, 0.25) is 5.02 Å². The topological polar surface area (TPSA) is 149 Å². The minimum absolute atomic E-state index is 0. The van der Waals surface area contributed by atoms with Crippen molar-refractivity contribution in [2.45, 2.75) is 57.3 Å². The lowest BCUT2D eigenvalue weighted by Gasteiger charge is -2.38. The number of aromatic nitrogens is 8. The highest BCUT2D eigenvalue weighted by atomic mass is 35.5. The van der Waals surface area contributed by atoms with Gasteiger partial charge in [0.2, 0.25) is 5.95 Å². The van der Waals surface area contributed by atoms with Crippen LogP contribution >= 0.6 is 24.0 Å². The molecule has 0 bridgehead atoms. The molecule has 1 saturated heterocycles. The van der Waals surface area contributed by atoms with E-state index < -0.39 is 0 Å². The van der Waals surface area contributed by atoms with Crippen LogP contribution in [-0.4, -0.2) is 117 Å². The average molecular weight is 720 g/mol. The number of nitrogens with one attached hydrogen (secondary N) is 1. The highest BCUT2D eigenvalue weighted by Gasteiger charge is 2.29. The minimum Gasteiger partial charge on any atom is -0.487 e. The Kier molecular flexibility index (Phi) is 13.8. The molecule has 15 nitrogen and oxygen atoms in total. The second-order valence-electron chi connectivity index (χ2n) is 11.9. The number of halogens is 2. The first-order valence-electron chi connectivity index (χ1n) is 16.4. The van der Waals surface area contributed by atoms with Crippen molar-refractivity contribution < 1.29 is 23.7 Å².